The monoisotopic (exact) mass is 475 g/mol. The summed E-state index contributed by atoms with van der Waals surface area (Å²) >= 11 is 8.81. The van der Waals surface area contributed by atoms with Crippen LogP contribution in [-0.2, 0) is 17.8 Å². The number of aromatic nitrogens is 2. The number of benzene rings is 2. The van der Waals surface area contributed by atoms with Gasteiger partial charge in [-0.05, 0) is 35.9 Å². The van der Waals surface area contributed by atoms with Gasteiger partial charge in [0.1, 0.15) is 5.82 Å². The topological polar surface area (TPSA) is 64.0 Å². The summed E-state index contributed by atoms with van der Waals surface area (Å²) < 4.78 is 14.9. The van der Waals surface area contributed by atoms with Crippen molar-refractivity contribution >= 4 is 41.0 Å². The predicted octanol–water partition coefficient (Wildman–Crippen LogP) is 4.47. The van der Waals surface area contributed by atoms with Crippen LogP contribution in [0.2, 0.25) is 5.02 Å². The van der Waals surface area contributed by atoms with Gasteiger partial charge in [0.15, 0.2) is 5.16 Å². The zero-order valence-electron chi connectivity index (χ0n) is 16.6. The molecule has 1 unspecified atom stereocenters. The largest absolute Gasteiger partial charge is 0.351 e. The molecule has 31 heavy (non-hydrogen) atoms. The first kappa shape index (κ1) is 21.9. The SMILES string of the molecule is CC1Cc2nc(SCC(=O)NCc3ccccc3Cl)n(-c3ccc(F)cc3)c(=O)c2S1. The molecule has 4 rings (SSSR count). The van der Waals surface area contributed by atoms with Gasteiger partial charge in [0, 0.05) is 23.2 Å². The molecule has 0 bridgehead atoms. The molecule has 0 spiro atoms. The van der Waals surface area contributed by atoms with Crippen LogP contribution in [0.3, 0.4) is 0 Å². The first-order chi connectivity index (χ1) is 14.9. The van der Waals surface area contributed by atoms with E-state index in [1.165, 1.54) is 52.4 Å². The molecule has 3 aromatic rings. The minimum absolute atomic E-state index is 0.0829. The highest BCUT2D eigenvalue weighted by Crippen LogP contribution is 2.34. The number of hydrogen-bond acceptors (Lipinski definition) is 5. The Labute approximate surface area is 192 Å². The third kappa shape index (κ3) is 4.97. The summed E-state index contributed by atoms with van der Waals surface area (Å²) in [4.78, 5) is 30.9. The molecular formula is C22H19ClFN3O2S2. The number of carbonyl (C=O) groups is 1. The van der Waals surface area contributed by atoms with Crippen molar-refractivity contribution in [3.05, 3.63) is 81.0 Å². The van der Waals surface area contributed by atoms with E-state index in [0.29, 0.717) is 33.7 Å². The fourth-order valence-corrected chi connectivity index (χ4v) is 5.39. The number of thioether (sulfide) groups is 2. The molecule has 0 radical (unpaired) electrons. The number of halogens is 2. The summed E-state index contributed by atoms with van der Waals surface area (Å²) in [5, 5.41) is 4.10. The van der Waals surface area contributed by atoms with Gasteiger partial charge >= 0.3 is 0 Å². The lowest BCUT2D eigenvalue weighted by molar-refractivity contribution is -0.118. The van der Waals surface area contributed by atoms with Crippen molar-refractivity contribution in [2.24, 2.45) is 0 Å². The van der Waals surface area contributed by atoms with Crippen molar-refractivity contribution in [3.8, 4) is 5.69 Å². The number of carbonyl (C=O) groups excluding carboxylic acids is 1. The Bertz CT molecular complexity index is 1180. The molecule has 5 nitrogen and oxygen atoms in total. The van der Waals surface area contributed by atoms with E-state index < -0.39 is 0 Å². The predicted molar refractivity (Wildman–Crippen MR) is 123 cm³/mol. The van der Waals surface area contributed by atoms with Gasteiger partial charge in [-0.25, -0.2) is 9.37 Å². The molecule has 1 aliphatic heterocycles. The van der Waals surface area contributed by atoms with Gasteiger partial charge in [-0.15, -0.1) is 11.8 Å². The summed E-state index contributed by atoms with van der Waals surface area (Å²) in [6.07, 6.45) is 0.700. The molecule has 9 heteroatoms. The maximum absolute atomic E-state index is 13.4. The van der Waals surface area contributed by atoms with Gasteiger partial charge in [-0.2, -0.15) is 0 Å². The Hall–Kier alpha value is -2.29. The third-order valence-electron chi connectivity index (χ3n) is 4.73. The smallest absolute Gasteiger partial charge is 0.272 e. The maximum atomic E-state index is 13.4. The van der Waals surface area contributed by atoms with E-state index in [4.69, 9.17) is 11.6 Å². The maximum Gasteiger partial charge on any atom is 0.272 e. The molecule has 0 fully saturated rings. The molecular weight excluding hydrogens is 457 g/mol. The van der Waals surface area contributed by atoms with Gasteiger partial charge in [0.2, 0.25) is 5.91 Å². The summed E-state index contributed by atoms with van der Waals surface area (Å²) in [5.41, 5.74) is 1.90. The number of hydrogen-bond donors (Lipinski definition) is 1. The Morgan fingerprint density at radius 2 is 2.03 bits per heavy atom. The second kappa shape index (κ2) is 9.46. The van der Waals surface area contributed by atoms with Crippen molar-refractivity contribution < 1.29 is 9.18 Å². The van der Waals surface area contributed by atoms with Crippen molar-refractivity contribution in [3.63, 3.8) is 0 Å². The Kier molecular flexibility index (Phi) is 6.69. The summed E-state index contributed by atoms with van der Waals surface area (Å²) in [7, 11) is 0. The Balaban J connectivity index is 1.56. The molecule has 1 aliphatic rings. The zero-order valence-corrected chi connectivity index (χ0v) is 19.0. The highest BCUT2D eigenvalue weighted by atomic mass is 35.5. The lowest BCUT2D eigenvalue weighted by Gasteiger charge is -2.14. The fraction of sp³-hybridized carbons (Fsp3) is 0.227. The van der Waals surface area contributed by atoms with Gasteiger partial charge in [-0.3, -0.25) is 14.2 Å². The van der Waals surface area contributed by atoms with E-state index in [-0.39, 0.29) is 28.3 Å². The van der Waals surface area contributed by atoms with Crippen LogP contribution in [0.25, 0.3) is 5.69 Å². The van der Waals surface area contributed by atoms with Crippen molar-refractivity contribution in [1.82, 2.24) is 14.9 Å². The Morgan fingerprint density at radius 1 is 1.29 bits per heavy atom. The van der Waals surface area contributed by atoms with Crippen molar-refractivity contribution in [2.75, 3.05) is 5.75 Å². The molecule has 2 aromatic carbocycles. The quantitative estimate of drug-likeness (QED) is 0.421. The van der Waals surface area contributed by atoms with Crippen LogP contribution < -0.4 is 10.9 Å². The van der Waals surface area contributed by atoms with E-state index >= 15 is 0 Å². The minimum Gasteiger partial charge on any atom is -0.351 e. The van der Waals surface area contributed by atoms with Crippen LogP contribution in [0, 0.1) is 5.82 Å². The van der Waals surface area contributed by atoms with E-state index in [0.717, 1.165) is 11.3 Å². The van der Waals surface area contributed by atoms with Crippen LogP contribution in [0.5, 0.6) is 0 Å². The number of rotatable bonds is 6. The highest BCUT2D eigenvalue weighted by molar-refractivity contribution is 8.00. The van der Waals surface area contributed by atoms with Crippen LogP contribution in [0.15, 0.2) is 63.4 Å². The van der Waals surface area contributed by atoms with E-state index in [9.17, 15) is 14.0 Å². The van der Waals surface area contributed by atoms with Crippen LogP contribution in [0.4, 0.5) is 4.39 Å². The van der Waals surface area contributed by atoms with Crippen molar-refractivity contribution in [1.29, 1.82) is 0 Å². The van der Waals surface area contributed by atoms with E-state index in [1.807, 2.05) is 25.1 Å². The van der Waals surface area contributed by atoms with Gasteiger partial charge in [0.05, 0.1) is 22.0 Å². The standard InChI is InChI=1S/C22H19ClFN3O2S2/c1-13-10-18-20(31-13)21(29)27(16-8-6-15(24)7-9-16)22(26-18)30-12-19(28)25-11-14-4-2-3-5-17(14)23/h2-9,13H,10-12H2,1H3,(H,25,28). The second-order valence-electron chi connectivity index (χ2n) is 7.08. The van der Waals surface area contributed by atoms with Crippen LogP contribution >= 0.6 is 35.1 Å². The number of nitrogens with zero attached hydrogens (tertiary/aromatic N) is 2. The molecule has 0 saturated carbocycles. The second-order valence-corrected chi connectivity index (χ2v) is 9.87. The van der Waals surface area contributed by atoms with E-state index in [2.05, 4.69) is 10.3 Å². The fourth-order valence-electron chi connectivity index (χ4n) is 3.23. The summed E-state index contributed by atoms with van der Waals surface area (Å²) in [6.45, 7) is 2.36. The molecule has 2 heterocycles. The lowest BCUT2D eigenvalue weighted by atomic mass is 10.2. The lowest BCUT2D eigenvalue weighted by Crippen LogP contribution is -2.27. The van der Waals surface area contributed by atoms with Crippen molar-refractivity contribution in [2.45, 2.75) is 35.2 Å². The normalized spacial score (nSPS) is 15.0. The van der Waals surface area contributed by atoms with Gasteiger partial charge < -0.3 is 5.32 Å². The first-order valence-corrected chi connectivity index (χ1v) is 11.9. The molecule has 0 saturated heterocycles. The van der Waals surface area contributed by atoms with Gasteiger partial charge in [0.25, 0.3) is 5.56 Å². The number of fused-ring (bicyclic) bond motifs is 1. The molecule has 1 amide bonds. The van der Waals surface area contributed by atoms with Gasteiger partial charge in [-0.1, -0.05) is 48.5 Å². The number of nitrogens with one attached hydrogen (secondary N) is 1. The van der Waals surface area contributed by atoms with Crippen LogP contribution in [-0.4, -0.2) is 26.5 Å². The summed E-state index contributed by atoms with van der Waals surface area (Å²) in [6, 6.07) is 13.0. The molecule has 1 atom stereocenters. The minimum atomic E-state index is -0.387. The Morgan fingerprint density at radius 3 is 2.77 bits per heavy atom. The number of amides is 1. The summed E-state index contributed by atoms with van der Waals surface area (Å²) in [5.74, 6) is -0.505. The molecule has 0 aliphatic carbocycles. The molecule has 1 aromatic heterocycles. The molecule has 1 N–H and O–H groups in total. The molecule has 160 valence electrons. The van der Waals surface area contributed by atoms with Crippen LogP contribution in [0.1, 0.15) is 18.2 Å². The average molecular weight is 476 g/mol. The average Bonchev–Trinajstić information content (AvgIpc) is 3.13. The third-order valence-corrected chi connectivity index (χ3v) is 7.25. The first-order valence-electron chi connectivity index (χ1n) is 9.64. The highest BCUT2D eigenvalue weighted by Gasteiger charge is 2.27. The zero-order chi connectivity index (χ0) is 22.0. The van der Waals surface area contributed by atoms with E-state index in [1.54, 1.807) is 6.07 Å².